The van der Waals surface area contributed by atoms with Crippen molar-refractivity contribution >= 4 is 23.2 Å². The monoisotopic (exact) mass is 296 g/mol. The number of furan rings is 1. The molecule has 0 atom stereocenters. The Bertz CT molecular complexity index is 883. The minimum Gasteiger partial charge on any atom is -0.464 e. The fourth-order valence-electron chi connectivity index (χ4n) is 2.22. The standard InChI is InChI=1S/C17H13NO4/c1-2-21-17(20)12-5-3-11(4-6-12)16-14-7-8-22-15(14)9-13(10-19)18-16/h3-10H,2H2,1H3/i10D. The Morgan fingerprint density at radius 1 is 1.36 bits per heavy atom. The summed E-state index contributed by atoms with van der Waals surface area (Å²) < 4.78 is 17.5. The van der Waals surface area contributed by atoms with Crippen LogP contribution in [0.3, 0.4) is 0 Å². The van der Waals surface area contributed by atoms with Gasteiger partial charge in [-0.25, -0.2) is 9.78 Å². The highest BCUT2D eigenvalue weighted by atomic mass is 16.5. The molecule has 0 aliphatic heterocycles. The Balaban J connectivity index is 2.07. The number of carbonyl (C=O) groups is 2. The van der Waals surface area contributed by atoms with E-state index >= 15 is 0 Å². The molecule has 0 saturated carbocycles. The second kappa shape index (κ2) is 5.81. The largest absolute Gasteiger partial charge is 0.464 e. The highest BCUT2D eigenvalue weighted by Crippen LogP contribution is 2.28. The summed E-state index contributed by atoms with van der Waals surface area (Å²) in [6.07, 6.45) is 0.619. The van der Waals surface area contributed by atoms with E-state index < -0.39 is 12.2 Å². The molecule has 110 valence electrons. The van der Waals surface area contributed by atoms with Gasteiger partial charge in [-0.15, -0.1) is 0 Å². The lowest BCUT2D eigenvalue weighted by molar-refractivity contribution is 0.0526. The van der Waals surface area contributed by atoms with Gasteiger partial charge >= 0.3 is 5.97 Å². The first-order chi connectivity index (χ1) is 11.1. The number of pyridine rings is 1. The summed E-state index contributed by atoms with van der Waals surface area (Å²) in [5.74, 6) is -0.393. The zero-order chi connectivity index (χ0) is 16.4. The maximum Gasteiger partial charge on any atom is 0.338 e. The average molecular weight is 296 g/mol. The lowest BCUT2D eigenvalue weighted by Crippen LogP contribution is -2.04. The molecule has 3 aromatic rings. The number of fused-ring (bicyclic) bond motifs is 1. The molecule has 0 bridgehead atoms. The SMILES string of the molecule is [2H]C(=O)c1cc2occc2c(-c2ccc(C(=O)OCC)cc2)n1. The van der Waals surface area contributed by atoms with Gasteiger partial charge in [0.15, 0.2) is 6.26 Å². The molecule has 22 heavy (non-hydrogen) atoms. The van der Waals surface area contributed by atoms with Crippen LogP contribution in [0.1, 0.15) is 29.1 Å². The van der Waals surface area contributed by atoms with E-state index in [1.165, 1.54) is 12.3 Å². The topological polar surface area (TPSA) is 69.4 Å². The number of carbonyl (C=O) groups excluding carboxylic acids is 2. The molecular weight excluding hydrogens is 282 g/mol. The molecule has 0 saturated heterocycles. The third-order valence-corrected chi connectivity index (χ3v) is 3.22. The third-order valence-electron chi connectivity index (χ3n) is 3.22. The number of benzene rings is 1. The molecule has 2 aromatic heterocycles. The van der Waals surface area contributed by atoms with Crippen molar-refractivity contribution < 1.29 is 20.1 Å². The van der Waals surface area contributed by atoms with Crippen molar-refractivity contribution in [3.8, 4) is 11.3 Å². The van der Waals surface area contributed by atoms with Gasteiger partial charge in [-0.1, -0.05) is 12.1 Å². The van der Waals surface area contributed by atoms with Crippen LogP contribution in [0.5, 0.6) is 0 Å². The lowest BCUT2D eigenvalue weighted by Gasteiger charge is -2.05. The van der Waals surface area contributed by atoms with Crippen LogP contribution in [0.15, 0.2) is 47.1 Å². The van der Waals surface area contributed by atoms with Gasteiger partial charge in [0.2, 0.25) is 0 Å². The zero-order valence-electron chi connectivity index (χ0n) is 12.8. The molecule has 0 fully saturated rings. The second-order valence-corrected chi connectivity index (χ2v) is 4.59. The molecule has 0 N–H and O–H groups in total. The Morgan fingerprint density at radius 2 is 2.14 bits per heavy atom. The van der Waals surface area contributed by atoms with Crippen LogP contribution in [-0.4, -0.2) is 23.8 Å². The normalized spacial score (nSPS) is 11.2. The summed E-state index contributed by atoms with van der Waals surface area (Å²) >= 11 is 0. The van der Waals surface area contributed by atoms with E-state index in [9.17, 15) is 9.59 Å². The molecule has 5 nitrogen and oxygen atoms in total. The number of hydrogen-bond acceptors (Lipinski definition) is 5. The van der Waals surface area contributed by atoms with E-state index in [4.69, 9.17) is 10.5 Å². The summed E-state index contributed by atoms with van der Waals surface area (Å²) in [6, 6.07) is 9.90. The first-order valence-corrected chi connectivity index (χ1v) is 6.77. The van der Waals surface area contributed by atoms with Crippen molar-refractivity contribution in [1.82, 2.24) is 4.98 Å². The molecule has 1 aromatic carbocycles. The number of esters is 1. The van der Waals surface area contributed by atoms with E-state index in [1.807, 2.05) is 0 Å². The summed E-state index contributed by atoms with van der Waals surface area (Å²) in [5.41, 5.74) is 2.18. The Labute approximate surface area is 127 Å². The van der Waals surface area contributed by atoms with E-state index in [1.54, 1.807) is 37.3 Å². The second-order valence-electron chi connectivity index (χ2n) is 4.59. The predicted molar refractivity (Wildman–Crippen MR) is 80.8 cm³/mol. The van der Waals surface area contributed by atoms with Crippen LogP contribution in [0.25, 0.3) is 22.2 Å². The quantitative estimate of drug-likeness (QED) is 0.544. The number of aromatic nitrogens is 1. The van der Waals surface area contributed by atoms with Crippen molar-refractivity contribution in [3.05, 3.63) is 53.9 Å². The van der Waals surface area contributed by atoms with Crippen LogP contribution in [0.4, 0.5) is 0 Å². The van der Waals surface area contributed by atoms with E-state index in [2.05, 4.69) is 4.98 Å². The minimum absolute atomic E-state index is 0.0110. The van der Waals surface area contributed by atoms with Crippen LogP contribution in [0, 0.1) is 0 Å². The molecule has 2 heterocycles. The number of hydrogen-bond donors (Lipinski definition) is 0. The number of rotatable bonds is 4. The van der Waals surface area contributed by atoms with Gasteiger partial charge in [-0.3, -0.25) is 4.79 Å². The molecule has 0 spiro atoms. The van der Waals surface area contributed by atoms with E-state index in [-0.39, 0.29) is 5.69 Å². The van der Waals surface area contributed by atoms with E-state index in [0.29, 0.717) is 29.0 Å². The maximum absolute atomic E-state index is 11.7. The van der Waals surface area contributed by atoms with Gasteiger partial charge in [-0.05, 0) is 25.1 Å². The smallest absolute Gasteiger partial charge is 0.338 e. The van der Waals surface area contributed by atoms with Gasteiger partial charge in [0.1, 0.15) is 12.6 Å². The summed E-state index contributed by atoms with van der Waals surface area (Å²) in [5, 5.41) is 0.735. The summed E-state index contributed by atoms with van der Waals surface area (Å²) in [7, 11) is 0. The highest BCUT2D eigenvalue weighted by molar-refractivity contribution is 5.95. The Morgan fingerprint density at radius 3 is 2.82 bits per heavy atom. The first-order valence-electron chi connectivity index (χ1n) is 7.27. The molecule has 5 heteroatoms. The van der Waals surface area contributed by atoms with Crippen LogP contribution in [0.2, 0.25) is 0 Å². The lowest BCUT2D eigenvalue weighted by atomic mass is 10.1. The molecule has 0 radical (unpaired) electrons. The number of aldehydes is 1. The molecular formula is C17H13NO4. The minimum atomic E-state index is -0.882. The molecule has 3 rings (SSSR count). The van der Waals surface area contributed by atoms with Gasteiger partial charge in [0, 0.05) is 17.0 Å². The molecule has 0 aliphatic carbocycles. The zero-order valence-corrected chi connectivity index (χ0v) is 11.8. The van der Waals surface area contributed by atoms with Gasteiger partial charge < -0.3 is 9.15 Å². The van der Waals surface area contributed by atoms with Gasteiger partial charge in [0.25, 0.3) is 0 Å². The van der Waals surface area contributed by atoms with E-state index in [0.717, 1.165) is 5.39 Å². The summed E-state index contributed by atoms with van der Waals surface area (Å²) in [4.78, 5) is 27.2. The third kappa shape index (κ3) is 2.48. The Hall–Kier alpha value is -2.95. The number of nitrogens with zero attached hydrogens (tertiary/aromatic N) is 1. The average Bonchev–Trinajstić information content (AvgIpc) is 3.02. The van der Waals surface area contributed by atoms with Crippen molar-refractivity contribution in [1.29, 1.82) is 0 Å². The number of ether oxygens (including phenoxy) is 1. The van der Waals surface area contributed by atoms with Crippen molar-refractivity contribution in [2.24, 2.45) is 0 Å². The van der Waals surface area contributed by atoms with Crippen molar-refractivity contribution in [2.45, 2.75) is 6.92 Å². The maximum atomic E-state index is 11.7. The van der Waals surface area contributed by atoms with Crippen molar-refractivity contribution in [3.63, 3.8) is 0 Å². The van der Waals surface area contributed by atoms with Gasteiger partial charge in [-0.2, -0.15) is 0 Å². The van der Waals surface area contributed by atoms with Gasteiger partial charge in [0.05, 0.1) is 24.1 Å². The predicted octanol–water partition coefficient (Wildman–Crippen LogP) is 3.48. The summed E-state index contributed by atoms with van der Waals surface area (Å²) in [6.45, 7) is 2.06. The molecule has 0 amide bonds. The van der Waals surface area contributed by atoms with Crippen LogP contribution >= 0.6 is 0 Å². The highest BCUT2D eigenvalue weighted by Gasteiger charge is 2.12. The molecule has 0 unspecified atom stereocenters. The van der Waals surface area contributed by atoms with Crippen LogP contribution < -0.4 is 0 Å². The van der Waals surface area contributed by atoms with Crippen molar-refractivity contribution in [2.75, 3.05) is 6.61 Å². The fourth-order valence-corrected chi connectivity index (χ4v) is 2.22. The fraction of sp³-hybridized carbons (Fsp3) is 0.118. The Kier molecular flexibility index (Phi) is 3.37. The first kappa shape index (κ1) is 12.8. The molecule has 0 aliphatic rings. The van der Waals surface area contributed by atoms with Crippen LogP contribution in [-0.2, 0) is 4.74 Å².